The number of aromatic hydroxyl groups is 1. The van der Waals surface area contributed by atoms with Crippen molar-refractivity contribution in [2.24, 2.45) is 0 Å². The van der Waals surface area contributed by atoms with Gasteiger partial charge in [0.05, 0.1) is 7.11 Å². The topological polar surface area (TPSA) is 35.9 Å². The van der Waals surface area contributed by atoms with Gasteiger partial charge in [0.15, 0.2) is 0 Å². The fraction of sp³-hybridized carbons (Fsp3) is 0.600. The predicted molar refractivity (Wildman–Crippen MR) is 76.7 cm³/mol. The highest BCUT2D eigenvalue weighted by Crippen LogP contribution is 2.24. The van der Waals surface area contributed by atoms with Crippen molar-refractivity contribution < 1.29 is 9.84 Å². The fourth-order valence-electron chi connectivity index (χ4n) is 2.54. The molecule has 2 rings (SSSR count). The summed E-state index contributed by atoms with van der Waals surface area (Å²) in [7, 11) is 1.65. The van der Waals surface area contributed by atoms with Gasteiger partial charge in [0.1, 0.15) is 11.5 Å². The number of rotatable bonds is 5. The van der Waals surface area contributed by atoms with E-state index in [-0.39, 0.29) is 0 Å². The second-order valence-corrected chi connectivity index (χ2v) is 5.11. The van der Waals surface area contributed by atoms with Crippen molar-refractivity contribution in [1.82, 2.24) is 9.80 Å². The van der Waals surface area contributed by atoms with Gasteiger partial charge in [-0.1, -0.05) is 6.92 Å². The summed E-state index contributed by atoms with van der Waals surface area (Å²) >= 11 is 0. The molecule has 1 aromatic rings. The van der Waals surface area contributed by atoms with Crippen molar-refractivity contribution in [3.63, 3.8) is 0 Å². The Morgan fingerprint density at radius 1 is 1.16 bits per heavy atom. The molecule has 0 bridgehead atoms. The number of hydrogen-bond donors (Lipinski definition) is 1. The highest BCUT2D eigenvalue weighted by atomic mass is 16.5. The minimum absolute atomic E-state index is 0.358. The molecule has 0 aromatic heterocycles. The fourth-order valence-corrected chi connectivity index (χ4v) is 2.54. The molecule has 0 radical (unpaired) electrons. The van der Waals surface area contributed by atoms with Crippen LogP contribution in [0.1, 0.15) is 18.9 Å². The average Bonchev–Trinajstić information content (AvgIpc) is 2.44. The van der Waals surface area contributed by atoms with Crippen molar-refractivity contribution in [2.75, 3.05) is 39.8 Å². The first-order chi connectivity index (χ1) is 9.22. The lowest BCUT2D eigenvalue weighted by Gasteiger charge is -2.34. The molecule has 106 valence electrons. The highest BCUT2D eigenvalue weighted by molar-refractivity contribution is 5.39. The molecule has 0 unspecified atom stereocenters. The Balaban J connectivity index is 1.91. The molecule has 19 heavy (non-hydrogen) atoms. The van der Waals surface area contributed by atoms with Crippen molar-refractivity contribution in [1.29, 1.82) is 0 Å². The van der Waals surface area contributed by atoms with Gasteiger partial charge in [0.25, 0.3) is 0 Å². The monoisotopic (exact) mass is 264 g/mol. The van der Waals surface area contributed by atoms with Crippen LogP contribution >= 0.6 is 0 Å². The SMILES string of the molecule is CCCN1CCN(Cc2cc(OC)ccc2O)CC1. The van der Waals surface area contributed by atoms with Crippen LogP contribution in [0.4, 0.5) is 0 Å². The Morgan fingerprint density at radius 3 is 2.47 bits per heavy atom. The third-order valence-corrected chi connectivity index (χ3v) is 3.69. The molecular formula is C15H24N2O2. The molecule has 0 aliphatic carbocycles. The summed E-state index contributed by atoms with van der Waals surface area (Å²) in [5.74, 6) is 1.16. The number of ether oxygens (including phenoxy) is 1. The normalized spacial score (nSPS) is 17.6. The molecule has 0 amide bonds. The van der Waals surface area contributed by atoms with E-state index >= 15 is 0 Å². The molecule has 1 aliphatic rings. The summed E-state index contributed by atoms with van der Waals surface area (Å²) in [6.45, 7) is 8.59. The van der Waals surface area contributed by atoms with Gasteiger partial charge in [-0.3, -0.25) is 4.90 Å². The maximum atomic E-state index is 9.90. The molecule has 4 heteroatoms. The van der Waals surface area contributed by atoms with E-state index in [0.29, 0.717) is 5.75 Å². The van der Waals surface area contributed by atoms with Crippen LogP contribution in [-0.2, 0) is 6.54 Å². The van der Waals surface area contributed by atoms with Gasteiger partial charge in [-0.2, -0.15) is 0 Å². The van der Waals surface area contributed by atoms with E-state index in [2.05, 4.69) is 16.7 Å². The average molecular weight is 264 g/mol. The van der Waals surface area contributed by atoms with Crippen molar-refractivity contribution >= 4 is 0 Å². The number of nitrogens with zero attached hydrogens (tertiary/aromatic N) is 2. The van der Waals surface area contributed by atoms with E-state index in [1.807, 2.05) is 6.07 Å². The number of piperazine rings is 1. The second kappa shape index (κ2) is 6.78. The van der Waals surface area contributed by atoms with Crippen LogP contribution in [0.2, 0.25) is 0 Å². The minimum atomic E-state index is 0.358. The molecule has 4 nitrogen and oxygen atoms in total. The Labute approximate surface area is 115 Å². The smallest absolute Gasteiger partial charge is 0.120 e. The summed E-state index contributed by atoms with van der Waals surface area (Å²) in [5, 5.41) is 9.90. The highest BCUT2D eigenvalue weighted by Gasteiger charge is 2.17. The maximum Gasteiger partial charge on any atom is 0.120 e. The van der Waals surface area contributed by atoms with Gasteiger partial charge >= 0.3 is 0 Å². The zero-order valence-electron chi connectivity index (χ0n) is 11.9. The molecule has 1 aromatic carbocycles. The molecule has 0 spiro atoms. The van der Waals surface area contributed by atoms with Crippen LogP contribution in [0.15, 0.2) is 18.2 Å². The van der Waals surface area contributed by atoms with Gasteiger partial charge in [-0.05, 0) is 31.2 Å². The van der Waals surface area contributed by atoms with Crippen LogP contribution in [-0.4, -0.2) is 54.7 Å². The zero-order valence-corrected chi connectivity index (χ0v) is 11.9. The van der Waals surface area contributed by atoms with E-state index < -0.39 is 0 Å². The number of phenolic OH excluding ortho intramolecular Hbond substituents is 1. The molecule has 1 heterocycles. The number of methoxy groups -OCH3 is 1. The van der Waals surface area contributed by atoms with E-state index in [4.69, 9.17) is 4.74 Å². The van der Waals surface area contributed by atoms with E-state index in [1.165, 1.54) is 13.0 Å². The molecule has 1 fully saturated rings. The second-order valence-electron chi connectivity index (χ2n) is 5.11. The third-order valence-electron chi connectivity index (χ3n) is 3.69. The Bertz CT molecular complexity index is 401. The van der Waals surface area contributed by atoms with Crippen molar-refractivity contribution in [3.8, 4) is 11.5 Å². The summed E-state index contributed by atoms with van der Waals surface area (Å²) < 4.78 is 5.21. The van der Waals surface area contributed by atoms with Gasteiger partial charge < -0.3 is 14.7 Å². The summed E-state index contributed by atoms with van der Waals surface area (Å²) in [6, 6.07) is 5.42. The van der Waals surface area contributed by atoms with Gasteiger partial charge in [-0.15, -0.1) is 0 Å². The van der Waals surface area contributed by atoms with Crippen LogP contribution in [0, 0.1) is 0 Å². The predicted octanol–water partition coefficient (Wildman–Crippen LogP) is 1.93. The van der Waals surface area contributed by atoms with Gasteiger partial charge in [-0.25, -0.2) is 0 Å². The third kappa shape index (κ3) is 3.85. The first kappa shape index (κ1) is 14.2. The number of phenols is 1. The first-order valence-electron chi connectivity index (χ1n) is 7.03. The number of hydrogen-bond acceptors (Lipinski definition) is 4. The summed E-state index contributed by atoms with van der Waals surface area (Å²) in [4.78, 5) is 4.89. The van der Waals surface area contributed by atoms with Gasteiger partial charge in [0, 0.05) is 38.3 Å². The molecule has 1 saturated heterocycles. The Morgan fingerprint density at radius 2 is 1.84 bits per heavy atom. The molecular weight excluding hydrogens is 240 g/mol. The van der Waals surface area contributed by atoms with Crippen LogP contribution in [0.25, 0.3) is 0 Å². The van der Waals surface area contributed by atoms with Crippen LogP contribution < -0.4 is 4.74 Å². The lowest BCUT2D eigenvalue weighted by atomic mass is 10.1. The number of benzene rings is 1. The molecule has 1 aliphatic heterocycles. The van der Waals surface area contributed by atoms with Crippen molar-refractivity contribution in [2.45, 2.75) is 19.9 Å². The quantitative estimate of drug-likeness (QED) is 0.881. The summed E-state index contributed by atoms with van der Waals surface area (Å²) in [6.07, 6.45) is 1.22. The van der Waals surface area contributed by atoms with E-state index in [9.17, 15) is 5.11 Å². The zero-order chi connectivity index (χ0) is 13.7. The van der Waals surface area contributed by atoms with E-state index in [0.717, 1.165) is 44.0 Å². The standard InChI is InChI=1S/C15H24N2O2/c1-3-6-16-7-9-17(10-8-16)12-13-11-14(19-2)4-5-15(13)18/h4-5,11,18H,3,6-10,12H2,1-2H3. The largest absolute Gasteiger partial charge is 0.508 e. The molecule has 0 saturated carbocycles. The maximum absolute atomic E-state index is 9.90. The van der Waals surface area contributed by atoms with Crippen LogP contribution in [0.3, 0.4) is 0 Å². The molecule has 0 atom stereocenters. The minimum Gasteiger partial charge on any atom is -0.508 e. The molecule has 1 N–H and O–H groups in total. The van der Waals surface area contributed by atoms with Gasteiger partial charge in [0.2, 0.25) is 0 Å². The van der Waals surface area contributed by atoms with Crippen LogP contribution in [0.5, 0.6) is 11.5 Å². The van der Waals surface area contributed by atoms with E-state index in [1.54, 1.807) is 19.2 Å². The summed E-state index contributed by atoms with van der Waals surface area (Å²) in [5.41, 5.74) is 0.947. The lowest BCUT2D eigenvalue weighted by Crippen LogP contribution is -2.45. The lowest BCUT2D eigenvalue weighted by molar-refractivity contribution is 0.126. The Kier molecular flexibility index (Phi) is 5.05. The first-order valence-corrected chi connectivity index (χ1v) is 7.03. The Hall–Kier alpha value is -1.26. The van der Waals surface area contributed by atoms with Crippen molar-refractivity contribution in [3.05, 3.63) is 23.8 Å².